The lowest BCUT2D eigenvalue weighted by Crippen LogP contribution is -2.56. The van der Waals surface area contributed by atoms with E-state index < -0.39 is 30.2 Å². The summed E-state index contributed by atoms with van der Waals surface area (Å²) in [5.74, 6) is 3.76. The van der Waals surface area contributed by atoms with Gasteiger partial charge in [-0.1, -0.05) is 4.49 Å². The molecule has 1 aromatic heterocycles. The van der Waals surface area contributed by atoms with Gasteiger partial charge in [0.05, 0.1) is 6.54 Å². The van der Waals surface area contributed by atoms with Crippen molar-refractivity contribution in [2.75, 3.05) is 5.43 Å². The molecule has 0 spiro atoms. The number of hydrogen-bond donors (Lipinski definition) is 3. The number of nitrogen functional groups attached to an aromatic ring is 1. The smallest absolute Gasteiger partial charge is 0.316 e. The third-order valence-corrected chi connectivity index (χ3v) is 3.54. The monoisotopic (exact) mass is 310 g/mol. The predicted octanol–water partition coefficient (Wildman–Crippen LogP) is 0.196. The van der Waals surface area contributed by atoms with Crippen LogP contribution >= 0.6 is 11.5 Å². The van der Waals surface area contributed by atoms with Crippen LogP contribution in [0, 0.1) is 0 Å². The van der Waals surface area contributed by atoms with E-state index in [0.29, 0.717) is 11.8 Å². The number of nitrogens with one attached hydrogen (secondary N) is 2. The molecule has 0 bridgehead atoms. The maximum absolute atomic E-state index is 12.8. The second kappa shape index (κ2) is 4.56. The van der Waals surface area contributed by atoms with Gasteiger partial charge in [-0.15, -0.1) is 5.10 Å². The summed E-state index contributed by atoms with van der Waals surface area (Å²) in [6.07, 6.45) is -4.90. The van der Waals surface area contributed by atoms with Crippen LogP contribution < -0.4 is 16.6 Å². The summed E-state index contributed by atoms with van der Waals surface area (Å²) in [6.45, 7) is 0.154. The summed E-state index contributed by atoms with van der Waals surface area (Å²) in [6, 6.07) is -1.15. The SMILES string of the molecule is CC1(C(F)(F)F)NC(=O)N(Cc2nnsc2NN)C1=O. The van der Waals surface area contributed by atoms with Crippen LogP contribution in [0.2, 0.25) is 0 Å². The summed E-state index contributed by atoms with van der Waals surface area (Å²) >= 11 is 0.852. The van der Waals surface area contributed by atoms with Crippen molar-refractivity contribution < 1.29 is 22.8 Å². The maximum atomic E-state index is 12.8. The molecule has 12 heteroatoms. The standard InChI is InChI=1S/C8H9F3N6O2S/c1-7(8(9,10)11)5(18)17(6(19)13-7)2-3-4(14-12)20-16-15-3/h14H,2,12H2,1H3,(H,13,19). The summed E-state index contributed by atoms with van der Waals surface area (Å²) in [4.78, 5) is 23.8. The van der Waals surface area contributed by atoms with Crippen molar-refractivity contribution in [3.8, 4) is 0 Å². The Morgan fingerprint density at radius 2 is 2.15 bits per heavy atom. The van der Waals surface area contributed by atoms with E-state index in [1.165, 1.54) is 0 Å². The van der Waals surface area contributed by atoms with Crippen molar-refractivity contribution in [2.24, 2.45) is 5.84 Å². The van der Waals surface area contributed by atoms with Crippen molar-refractivity contribution in [1.29, 1.82) is 0 Å². The van der Waals surface area contributed by atoms with Crippen molar-refractivity contribution in [2.45, 2.75) is 25.2 Å². The van der Waals surface area contributed by atoms with Gasteiger partial charge in [0.25, 0.3) is 5.91 Å². The quantitative estimate of drug-likeness (QED) is 0.417. The minimum atomic E-state index is -4.90. The van der Waals surface area contributed by atoms with E-state index in [0.717, 1.165) is 11.5 Å². The molecule has 1 unspecified atom stereocenters. The van der Waals surface area contributed by atoms with Gasteiger partial charge in [-0.05, 0) is 6.92 Å². The zero-order chi connectivity index (χ0) is 15.1. The highest BCUT2D eigenvalue weighted by Crippen LogP contribution is 2.36. The third kappa shape index (κ3) is 2.06. The van der Waals surface area contributed by atoms with Gasteiger partial charge in [0.1, 0.15) is 10.7 Å². The molecule has 2 heterocycles. The molecular formula is C8H9F3N6O2S. The Balaban J connectivity index is 2.27. The van der Waals surface area contributed by atoms with E-state index in [4.69, 9.17) is 5.84 Å². The van der Waals surface area contributed by atoms with E-state index in [1.54, 1.807) is 5.32 Å². The third-order valence-electron chi connectivity index (χ3n) is 2.84. The molecule has 2 rings (SSSR count). The first-order valence-electron chi connectivity index (χ1n) is 5.19. The van der Waals surface area contributed by atoms with E-state index in [1.807, 2.05) is 0 Å². The highest BCUT2D eigenvalue weighted by Gasteiger charge is 2.64. The molecule has 3 amide bonds. The summed E-state index contributed by atoms with van der Waals surface area (Å²) in [7, 11) is 0. The molecule has 8 nitrogen and oxygen atoms in total. The minimum absolute atomic E-state index is 0.104. The van der Waals surface area contributed by atoms with Gasteiger partial charge >= 0.3 is 12.2 Å². The van der Waals surface area contributed by atoms with Crippen LogP contribution in [0.3, 0.4) is 0 Å². The number of alkyl halides is 3. The average Bonchev–Trinajstić information content (AvgIpc) is 2.87. The highest BCUT2D eigenvalue weighted by atomic mass is 32.1. The number of carbonyl (C=O) groups excluding carboxylic acids is 2. The molecule has 1 aliphatic rings. The number of hydrazine groups is 1. The molecular weight excluding hydrogens is 301 g/mol. The van der Waals surface area contributed by atoms with Crippen LogP contribution in [-0.2, 0) is 11.3 Å². The summed E-state index contributed by atoms with van der Waals surface area (Å²) in [5.41, 5.74) is -0.605. The van der Waals surface area contributed by atoms with Gasteiger partial charge in [-0.3, -0.25) is 9.69 Å². The van der Waals surface area contributed by atoms with E-state index in [9.17, 15) is 22.8 Å². The number of halogens is 3. The Labute approximate surface area is 114 Å². The molecule has 1 atom stereocenters. The van der Waals surface area contributed by atoms with Crippen molar-refractivity contribution in [1.82, 2.24) is 19.8 Å². The van der Waals surface area contributed by atoms with Crippen molar-refractivity contribution >= 4 is 28.5 Å². The van der Waals surface area contributed by atoms with Gasteiger partial charge < -0.3 is 10.7 Å². The molecule has 4 N–H and O–H groups in total. The first kappa shape index (κ1) is 14.5. The lowest BCUT2D eigenvalue weighted by atomic mass is 10.0. The van der Waals surface area contributed by atoms with Crippen LogP contribution in [0.1, 0.15) is 12.6 Å². The van der Waals surface area contributed by atoms with Crippen LogP contribution in [0.5, 0.6) is 0 Å². The predicted molar refractivity (Wildman–Crippen MR) is 61.3 cm³/mol. The second-order valence-corrected chi connectivity index (χ2v) is 4.89. The van der Waals surface area contributed by atoms with E-state index >= 15 is 0 Å². The summed E-state index contributed by atoms with van der Waals surface area (Å²) in [5, 5.41) is 5.49. The van der Waals surface area contributed by atoms with Gasteiger partial charge in [-0.25, -0.2) is 10.6 Å². The first-order chi connectivity index (χ1) is 9.20. The van der Waals surface area contributed by atoms with E-state index in [-0.39, 0.29) is 10.7 Å². The Hall–Kier alpha value is -1.95. The number of nitrogens with two attached hydrogens (primary N) is 1. The van der Waals surface area contributed by atoms with Gasteiger partial charge in [0.2, 0.25) is 5.54 Å². The molecule has 0 aliphatic carbocycles. The zero-order valence-electron chi connectivity index (χ0n) is 9.98. The van der Waals surface area contributed by atoms with Crippen LogP contribution in [0.25, 0.3) is 0 Å². The lowest BCUT2D eigenvalue weighted by Gasteiger charge is -2.24. The molecule has 1 fully saturated rings. The molecule has 0 saturated carbocycles. The van der Waals surface area contributed by atoms with Crippen LogP contribution in [-0.4, -0.2) is 38.1 Å². The number of imide groups is 1. The molecule has 110 valence electrons. The number of carbonyl (C=O) groups is 2. The molecule has 0 aromatic carbocycles. The number of urea groups is 1. The zero-order valence-corrected chi connectivity index (χ0v) is 10.8. The highest BCUT2D eigenvalue weighted by molar-refractivity contribution is 7.10. The minimum Gasteiger partial charge on any atom is -0.316 e. The summed E-state index contributed by atoms with van der Waals surface area (Å²) < 4.78 is 42.1. The fourth-order valence-electron chi connectivity index (χ4n) is 1.60. The largest absolute Gasteiger partial charge is 0.420 e. The van der Waals surface area contributed by atoms with Gasteiger partial charge in [-0.2, -0.15) is 13.2 Å². The normalized spacial score (nSPS) is 23.1. The Kier molecular flexibility index (Phi) is 3.29. The molecule has 20 heavy (non-hydrogen) atoms. The van der Waals surface area contributed by atoms with Gasteiger partial charge in [0, 0.05) is 11.5 Å². The van der Waals surface area contributed by atoms with Crippen LogP contribution in [0.15, 0.2) is 0 Å². The number of rotatable bonds is 3. The number of anilines is 1. The maximum Gasteiger partial charge on any atom is 0.420 e. The number of amides is 3. The Morgan fingerprint density at radius 3 is 2.65 bits per heavy atom. The van der Waals surface area contributed by atoms with Gasteiger partial charge in [0.15, 0.2) is 0 Å². The molecule has 0 radical (unpaired) electrons. The fourth-order valence-corrected chi connectivity index (χ4v) is 2.09. The molecule has 1 aromatic rings. The molecule has 1 aliphatic heterocycles. The van der Waals surface area contributed by atoms with E-state index in [2.05, 4.69) is 15.0 Å². The number of aromatic nitrogens is 2. The Morgan fingerprint density at radius 1 is 1.50 bits per heavy atom. The number of hydrogen-bond acceptors (Lipinski definition) is 7. The van der Waals surface area contributed by atoms with Crippen LogP contribution in [0.4, 0.5) is 23.0 Å². The topological polar surface area (TPSA) is 113 Å². The fraction of sp³-hybridized carbons (Fsp3) is 0.500. The Bertz CT molecular complexity index is 561. The molecule has 1 saturated heterocycles. The lowest BCUT2D eigenvalue weighted by molar-refractivity contribution is -0.191. The first-order valence-corrected chi connectivity index (χ1v) is 5.96. The van der Waals surface area contributed by atoms with Crippen molar-refractivity contribution in [3.63, 3.8) is 0 Å². The number of nitrogens with zero attached hydrogens (tertiary/aromatic N) is 3. The average molecular weight is 310 g/mol. The second-order valence-electron chi connectivity index (χ2n) is 4.14. The van der Waals surface area contributed by atoms with Crippen molar-refractivity contribution in [3.05, 3.63) is 5.69 Å².